The maximum atomic E-state index is 11.1. The van der Waals surface area contributed by atoms with Crippen molar-refractivity contribution in [1.82, 2.24) is 5.32 Å². The van der Waals surface area contributed by atoms with E-state index >= 15 is 0 Å². The number of hydrogen-bond acceptors (Lipinski definition) is 3. The molecule has 0 aliphatic rings. The highest BCUT2D eigenvalue weighted by Crippen LogP contribution is 2.28. The summed E-state index contributed by atoms with van der Waals surface area (Å²) in [7, 11) is 1.67. The van der Waals surface area contributed by atoms with Gasteiger partial charge in [0.05, 0.1) is 12.5 Å². The molecular formula is C18H23NO3. The van der Waals surface area contributed by atoms with Crippen LogP contribution in [-0.4, -0.2) is 24.7 Å². The first-order chi connectivity index (χ1) is 10.5. The van der Waals surface area contributed by atoms with Crippen LogP contribution in [-0.2, 0) is 11.3 Å². The number of hydrogen-bond donors (Lipinski definition) is 2. The molecule has 0 fully saturated rings. The second-order valence-corrected chi connectivity index (χ2v) is 6.08. The Labute approximate surface area is 131 Å². The Morgan fingerprint density at radius 3 is 2.64 bits per heavy atom. The molecule has 0 bridgehead atoms. The van der Waals surface area contributed by atoms with E-state index in [4.69, 9.17) is 9.84 Å². The van der Waals surface area contributed by atoms with Gasteiger partial charge in [0.2, 0.25) is 0 Å². The van der Waals surface area contributed by atoms with E-state index in [9.17, 15) is 4.79 Å². The molecule has 4 heteroatoms. The highest BCUT2D eigenvalue weighted by Gasteiger charge is 2.26. The van der Waals surface area contributed by atoms with Crippen LogP contribution >= 0.6 is 0 Å². The Kier molecular flexibility index (Phi) is 5.03. The van der Waals surface area contributed by atoms with Gasteiger partial charge in [0.25, 0.3) is 0 Å². The third kappa shape index (κ3) is 3.57. The standard InChI is InChI=1S/C18H23NO3/c1-18(2,17(20)21)10-11-19-12-15-14-7-5-4-6-13(14)8-9-16(15)22-3/h4-9,19H,10-12H2,1-3H3,(H,20,21). The van der Waals surface area contributed by atoms with Gasteiger partial charge in [0.1, 0.15) is 5.75 Å². The van der Waals surface area contributed by atoms with Crippen molar-refractivity contribution in [1.29, 1.82) is 0 Å². The van der Waals surface area contributed by atoms with Gasteiger partial charge in [-0.05, 0) is 43.7 Å². The number of methoxy groups -OCH3 is 1. The van der Waals surface area contributed by atoms with Crippen molar-refractivity contribution in [3.63, 3.8) is 0 Å². The topological polar surface area (TPSA) is 58.6 Å². The van der Waals surface area contributed by atoms with Gasteiger partial charge < -0.3 is 15.2 Å². The Balaban J connectivity index is 2.09. The molecule has 0 saturated carbocycles. The first-order valence-corrected chi connectivity index (χ1v) is 7.44. The van der Waals surface area contributed by atoms with Gasteiger partial charge >= 0.3 is 5.97 Å². The number of carboxylic acids is 1. The normalized spacial score (nSPS) is 11.6. The first-order valence-electron chi connectivity index (χ1n) is 7.44. The quantitative estimate of drug-likeness (QED) is 0.769. The molecule has 0 radical (unpaired) electrons. The number of rotatable bonds is 7. The molecule has 0 saturated heterocycles. The van der Waals surface area contributed by atoms with E-state index in [0.29, 0.717) is 19.5 Å². The van der Waals surface area contributed by atoms with E-state index in [1.54, 1.807) is 21.0 Å². The Morgan fingerprint density at radius 2 is 1.95 bits per heavy atom. The van der Waals surface area contributed by atoms with Crippen LogP contribution in [0.25, 0.3) is 10.8 Å². The van der Waals surface area contributed by atoms with Crippen molar-refractivity contribution in [3.8, 4) is 5.75 Å². The van der Waals surface area contributed by atoms with Crippen molar-refractivity contribution >= 4 is 16.7 Å². The monoisotopic (exact) mass is 301 g/mol. The van der Waals surface area contributed by atoms with Crippen molar-refractivity contribution < 1.29 is 14.6 Å². The van der Waals surface area contributed by atoms with Crippen molar-refractivity contribution in [2.75, 3.05) is 13.7 Å². The number of carbonyl (C=O) groups is 1. The van der Waals surface area contributed by atoms with Gasteiger partial charge in [-0.3, -0.25) is 4.79 Å². The second kappa shape index (κ2) is 6.79. The van der Waals surface area contributed by atoms with Gasteiger partial charge in [-0.1, -0.05) is 30.3 Å². The van der Waals surface area contributed by atoms with Crippen LogP contribution in [0, 0.1) is 5.41 Å². The van der Waals surface area contributed by atoms with Crippen LogP contribution < -0.4 is 10.1 Å². The predicted molar refractivity (Wildman–Crippen MR) is 88.2 cm³/mol. The molecule has 0 atom stereocenters. The Morgan fingerprint density at radius 1 is 1.23 bits per heavy atom. The van der Waals surface area contributed by atoms with E-state index < -0.39 is 11.4 Å². The summed E-state index contributed by atoms with van der Waals surface area (Å²) in [5.74, 6) is 0.0840. The van der Waals surface area contributed by atoms with Crippen LogP contribution in [0.5, 0.6) is 5.75 Å². The molecule has 0 amide bonds. The molecule has 0 heterocycles. The molecule has 2 rings (SSSR count). The number of aliphatic carboxylic acids is 1. The van der Waals surface area contributed by atoms with Gasteiger partial charge in [-0.2, -0.15) is 0 Å². The van der Waals surface area contributed by atoms with Crippen molar-refractivity contribution in [3.05, 3.63) is 42.0 Å². The Bertz CT molecular complexity index is 664. The number of carboxylic acid groups (broad SMARTS) is 1. The number of benzene rings is 2. The molecule has 22 heavy (non-hydrogen) atoms. The van der Waals surface area contributed by atoms with E-state index in [1.807, 2.05) is 24.3 Å². The molecule has 0 aromatic heterocycles. The van der Waals surface area contributed by atoms with Crippen LogP contribution in [0.15, 0.2) is 36.4 Å². The summed E-state index contributed by atoms with van der Waals surface area (Å²) < 4.78 is 5.46. The zero-order valence-corrected chi connectivity index (χ0v) is 13.3. The minimum Gasteiger partial charge on any atom is -0.496 e. The summed E-state index contributed by atoms with van der Waals surface area (Å²) in [6.07, 6.45) is 0.579. The molecule has 0 unspecified atom stereocenters. The fraction of sp³-hybridized carbons (Fsp3) is 0.389. The van der Waals surface area contributed by atoms with E-state index in [2.05, 4.69) is 17.4 Å². The largest absolute Gasteiger partial charge is 0.496 e. The summed E-state index contributed by atoms with van der Waals surface area (Å²) >= 11 is 0. The number of ether oxygens (including phenoxy) is 1. The van der Waals surface area contributed by atoms with Gasteiger partial charge in [0.15, 0.2) is 0 Å². The van der Waals surface area contributed by atoms with Gasteiger partial charge in [-0.15, -0.1) is 0 Å². The number of fused-ring (bicyclic) bond motifs is 1. The zero-order valence-electron chi connectivity index (χ0n) is 13.3. The fourth-order valence-electron chi connectivity index (χ4n) is 2.41. The van der Waals surface area contributed by atoms with E-state index in [0.717, 1.165) is 16.7 Å². The molecule has 2 N–H and O–H groups in total. The lowest BCUT2D eigenvalue weighted by molar-refractivity contribution is -0.147. The lowest BCUT2D eigenvalue weighted by atomic mass is 9.89. The summed E-state index contributed by atoms with van der Waals surface area (Å²) in [5.41, 5.74) is 0.393. The van der Waals surface area contributed by atoms with Crippen LogP contribution in [0.1, 0.15) is 25.8 Å². The average molecular weight is 301 g/mol. The van der Waals surface area contributed by atoms with Crippen LogP contribution in [0.4, 0.5) is 0 Å². The fourth-order valence-corrected chi connectivity index (χ4v) is 2.41. The predicted octanol–water partition coefficient (Wildman–Crippen LogP) is 3.44. The molecular weight excluding hydrogens is 278 g/mol. The maximum absolute atomic E-state index is 11.1. The molecule has 0 aliphatic carbocycles. The highest BCUT2D eigenvalue weighted by molar-refractivity contribution is 5.87. The molecule has 4 nitrogen and oxygen atoms in total. The van der Waals surface area contributed by atoms with E-state index in [1.165, 1.54) is 5.39 Å². The molecule has 0 spiro atoms. The average Bonchev–Trinajstić information content (AvgIpc) is 2.51. The van der Waals surface area contributed by atoms with Gasteiger partial charge in [0, 0.05) is 12.1 Å². The maximum Gasteiger partial charge on any atom is 0.309 e. The zero-order chi connectivity index (χ0) is 16.2. The minimum atomic E-state index is -0.767. The SMILES string of the molecule is COc1ccc2ccccc2c1CNCCC(C)(C)C(=O)O. The lowest BCUT2D eigenvalue weighted by Gasteiger charge is -2.19. The lowest BCUT2D eigenvalue weighted by Crippen LogP contribution is -2.28. The molecule has 0 aliphatic heterocycles. The highest BCUT2D eigenvalue weighted by atomic mass is 16.5. The third-order valence-corrected chi connectivity index (χ3v) is 4.03. The molecule has 2 aromatic carbocycles. The second-order valence-electron chi connectivity index (χ2n) is 6.08. The molecule has 2 aromatic rings. The summed E-state index contributed by atoms with van der Waals surface area (Å²) in [4.78, 5) is 11.1. The summed E-state index contributed by atoms with van der Waals surface area (Å²) in [6, 6.07) is 12.2. The van der Waals surface area contributed by atoms with Crippen LogP contribution in [0.2, 0.25) is 0 Å². The first kappa shape index (κ1) is 16.3. The van der Waals surface area contributed by atoms with Gasteiger partial charge in [-0.25, -0.2) is 0 Å². The number of nitrogens with one attached hydrogen (secondary N) is 1. The smallest absolute Gasteiger partial charge is 0.309 e. The Hall–Kier alpha value is -2.07. The molecule has 118 valence electrons. The third-order valence-electron chi connectivity index (χ3n) is 4.03. The minimum absolute atomic E-state index is 0.579. The van der Waals surface area contributed by atoms with E-state index in [-0.39, 0.29) is 0 Å². The van der Waals surface area contributed by atoms with Crippen molar-refractivity contribution in [2.45, 2.75) is 26.8 Å². The summed E-state index contributed by atoms with van der Waals surface area (Å²) in [6.45, 7) is 4.79. The summed E-state index contributed by atoms with van der Waals surface area (Å²) in [5, 5.41) is 14.8. The van der Waals surface area contributed by atoms with Crippen LogP contribution in [0.3, 0.4) is 0 Å². The van der Waals surface area contributed by atoms with Crippen molar-refractivity contribution in [2.24, 2.45) is 5.41 Å².